The van der Waals surface area contributed by atoms with Crippen LogP contribution in [0.3, 0.4) is 0 Å². The van der Waals surface area contributed by atoms with Crippen molar-refractivity contribution in [2.75, 3.05) is 13.1 Å². The summed E-state index contributed by atoms with van der Waals surface area (Å²) in [6, 6.07) is 16.2. The fourth-order valence-corrected chi connectivity index (χ4v) is 4.63. The third kappa shape index (κ3) is 3.94. The van der Waals surface area contributed by atoms with E-state index in [1.807, 2.05) is 35.6 Å². The molecule has 0 bridgehead atoms. The lowest BCUT2D eigenvalue weighted by molar-refractivity contribution is -0.131. The molecule has 0 saturated carbocycles. The number of likely N-dealkylation sites (tertiary alicyclic amines) is 1. The Kier molecular flexibility index (Phi) is 5.00. The molecule has 2 heterocycles. The van der Waals surface area contributed by atoms with Crippen LogP contribution in [-0.4, -0.2) is 28.9 Å². The molecule has 5 heteroatoms. The van der Waals surface area contributed by atoms with Crippen molar-refractivity contribution in [3.63, 3.8) is 0 Å². The summed E-state index contributed by atoms with van der Waals surface area (Å²) in [5.74, 6) is 0.903. The smallest absolute Gasteiger partial charge is 0.308 e. The summed E-state index contributed by atoms with van der Waals surface area (Å²) in [7, 11) is 0. The van der Waals surface area contributed by atoms with E-state index in [0.29, 0.717) is 11.7 Å². The average Bonchev–Trinajstić information content (AvgIpc) is 3.08. The maximum atomic E-state index is 11.0. The number of para-hydroxylation sites is 1. The number of ether oxygens (including phenoxy) is 1. The molecule has 1 fully saturated rings. The number of rotatable bonds is 4. The molecule has 26 heavy (non-hydrogen) atoms. The topological polar surface area (TPSA) is 42.4 Å². The number of nitrogens with zero attached hydrogens (tertiary/aromatic N) is 2. The van der Waals surface area contributed by atoms with Crippen molar-refractivity contribution in [3.8, 4) is 5.75 Å². The van der Waals surface area contributed by atoms with Crippen LogP contribution in [0.15, 0.2) is 48.5 Å². The Bertz CT molecular complexity index is 863. The van der Waals surface area contributed by atoms with Gasteiger partial charge in [-0.25, -0.2) is 4.98 Å². The Balaban J connectivity index is 1.34. The van der Waals surface area contributed by atoms with Crippen LogP contribution in [-0.2, 0) is 11.3 Å². The first-order valence-electron chi connectivity index (χ1n) is 9.02. The molecule has 134 valence electrons. The van der Waals surface area contributed by atoms with Gasteiger partial charge in [-0.3, -0.25) is 9.69 Å². The van der Waals surface area contributed by atoms with Crippen LogP contribution in [0.1, 0.15) is 36.3 Å². The standard InChI is InChI=1S/C21H22N2O2S/c1-15(24)25-18-8-6-16(7-9-18)14-23-12-10-17(11-13-23)21-22-19-4-2-3-5-20(19)26-21/h2-9,17H,10-14H2,1H3. The van der Waals surface area contributed by atoms with Crippen LogP contribution in [0.2, 0.25) is 0 Å². The zero-order valence-corrected chi connectivity index (χ0v) is 15.7. The largest absolute Gasteiger partial charge is 0.427 e. The summed E-state index contributed by atoms with van der Waals surface area (Å²) in [4.78, 5) is 18.3. The molecule has 4 nitrogen and oxygen atoms in total. The Morgan fingerprint density at radius 2 is 1.88 bits per heavy atom. The van der Waals surface area contributed by atoms with Gasteiger partial charge in [0.1, 0.15) is 5.75 Å². The highest BCUT2D eigenvalue weighted by Gasteiger charge is 2.23. The van der Waals surface area contributed by atoms with Gasteiger partial charge < -0.3 is 4.74 Å². The number of carbonyl (C=O) groups excluding carboxylic acids is 1. The molecule has 1 aliphatic heterocycles. The number of benzene rings is 2. The number of hydrogen-bond acceptors (Lipinski definition) is 5. The summed E-state index contributed by atoms with van der Waals surface area (Å²) < 4.78 is 6.38. The lowest BCUT2D eigenvalue weighted by Gasteiger charge is -2.31. The minimum atomic E-state index is -0.283. The van der Waals surface area contributed by atoms with Gasteiger partial charge in [0.15, 0.2) is 0 Å². The van der Waals surface area contributed by atoms with Crippen LogP contribution in [0, 0.1) is 0 Å². The average molecular weight is 366 g/mol. The molecule has 0 radical (unpaired) electrons. The van der Waals surface area contributed by atoms with Crippen molar-refractivity contribution in [2.24, 2.45) is 0 Å². The zero-order chi connectivity index (χ0) is 17.9. The minimum absolute atomic E-state index is 0.283. The number of piperidine rings is 1. The second kappa shape index (κ2) is 7.56. The second-order valence-corrected chi connectivity index (χ2v) is 7.87. The maximum Gasteiger partial charge on any atom is 0.308 e. The van der Waals surface area contributed by atoms with Gasteiger partial charge in [0.05, 0.1) is 15.2 Å². The van der Waals surface area contributed by atoms with Crippen LogP contribution in [0.5, 0.6) is 5.75 Å². The van der Waals surface area contributed by atoms with Crippen molar-refractivity contribution < 1.29 is 9.53 Å². The molecule has 1 aromatic heterocycles. The first-order valence-corrected chi connectivity index (χ1v) is 9.84. The van der Waals surface area contributed by atoms with E-state index >= 15 is 0 Å². The maximum absolute atomic E-state index is 11.0. The van der Waals surface area contributed by atoms with Gasteiger partial charge in [-0.1, -0.05) is 24.3 Å². The monoisotopic (exact) mass is 366 g/mol. The Labute approximate surface area is 157 Å². The first kappa shape index (κ1) is 17.2. The molecule has 0 aliphatic carbocycles. The van der Waals surface area contributed by atoms with Crippen LogP contribution in [0.4, 0.5) is 0 Å². The van der Waals surface area contributed by atoms with Crippen molar-refractivity contribution in [1.29, 1.82) is 0 Å². The minimum Gasteiger partial charge on any atom is -0.427 e. The van der Waals surface area contributed by atoms with E-state index in [1.54, 1.807) is 0 Å². The first-order chi connectivity index (χ1) is 12.7. The SMILES string of the molecule is CC(=O)Oc1ccc(CN2CCC(c3nc4ccccc4s3)CC2)cc1. The zero-order valence-electron chi connectivity index (χ0n) is 14.9. The molecule has 1 aliphatic rings. The van der Waals surface area contributed by atoms with E-state index in [4.69, 9.17) is 9.72 Å². The van der Waals surface area contributed by atoms with Gasteiger partial charge in [0.2, 0.25) is 0 Å². The molecule has 0 amide bonds. The lowest BCUT2D eigenvalue weighted by Crippen LogP contribution is -2.32. The van der Waals surface area contributed by atoms with E-state index < -0.39 is 0 Å². The van der Waals surface area contributed by atoms with Crippen LogP contribution in [0.25, 0.3) is 10.2 Å². The summed E-state index contributed by atoms with van der Waals surface area (Å²) in [6.07, 6.45) is 2.32. The third-order valence-corrected chi connectivity index (χ3v) is 6.04. The van der Waals surface area contributed by atoms with Gasteiger partial charge in [-0.15, -0.1) is 11.3 Å². The van der Waals surface area contributed by atoms with E-state index in [1.165, 1.54) is 22.2 Å². The predicted octanol–water partition coefficient (Wildman–Crippen LogP) is 4.60. The quantitative estimate of drug-likeness (QED) is 0.500. The Hall–Kier alpha value is -2.24. The number of carbonyl (C=O) groups is 1. The predicted molar refractivity (Wildman–Crippen MR) is 105 cm³/mol. The number of aromatic nitrogens is 1. The number of fused-ring (bicyclic) bond motifs is 1. The number of hydrogen-bond donors (Lipinski definition) is 0. The summed E-state index contributed by atoms with van der Waals surface area (Å²) >= 11 is 1.84. The molecular weight excluding hydrogens is 344 g/mol. The Morgan fingerprint density at radius 1 is 1.15 bits per heavy atom. The van der Waals surface area contributed by atoms with E-state index in [9.17, 15) is 4.79 Å². The van der Waals surface area contributed by atoms with Gasteiger partial charge in [0.25, 0.3) is 0 Å². The second-order valence-electron chi connectivity index (χ2n) is 6.81. The number of thiazole rings is 1. The molecule has 0 spiro atoms. The van der Waals surface area contributed by atoms with Crippen molar-refractivity contribution in [1.82, 2.24) is 9.88 Å². The summed E-state index contributed by atoms with van der Waals surface area (Å²) in [5, 5.41) is 1.29. The third-order valence-electron chi connectivity index (χ3n) is 4.84. The van der Waals surface area contributed by atoms with Gasteiger partial charge in [0, 0.05) is 19.4 Å². The molecule has 0 N–H and O–H groups in total. The van der Waals surface area contributed by atoms with Crippen molar-refractivity contribution in [3.05, 3.63) is 59.1 Å². The van der Waals surface area contributed by atoms with E-state index in [2.05, 4.69) is 29.2 Å². The highest BCUT2D eigenvalue weighted by molar-refractivity contribution is 7.18. The van der Waals surface area contributed by atoms with E-state index in [0.717, 1.165) is 38.0 Å². The molecule has 0 atom stereocenters. The lowest BCUT2D eigenvalue weighted by atomic mass is 9.97. The number of esters is 1. The van der Waals surface area contributed by atoms with Gasteiger partial charge in [-0.05, 0) is 55.8 Å². The van der Waals surface area contributed by atoms with Crippen LogP contribution < -0.4 is 4.74 Å². The molecule has 2 aromatic carbocycles. The normalized spacial score (nSPS) is 16.0. The highest BCUT2D eigenvalue weighted by Crippen LogP contribution is 2.34. The molecular formula is C21H22N2O2S. The van der Waals surface area contributed by atoms with Crippen LogP contribution >= 0.6 is 11.3 Å². The molecule has 3 aromatic rings. The molecule has 1 saturated heterocycles. The summed E-state index contributed by atoms with van der Waals surface area (Å²) in [6.45, 7) is 4.54. The highest BCUT2D eigenvalue weighted by atomic mass is 32.1. The van der Waals surface area contributed by atoms with Gasteiger partial charge >= 0.3 is 5.97 Å². The molecule has 0 unspecified atom stereocenters. The fraction of sp³-hybridized carbons (Fsp3) is 0.333. The Morgan fingerprint density at radius 3 is 2.58 bits per heavy atom. The van der Waals surface area contributed by atoms with Gasteiger partial charge in [-0.2, -0.15) is 0 Å². The summed E-state index contributed by atoms with van der Waals surface area (Å²) in [5.41, 5.74) is 2.38. The van der Waals surface area contributed by atoms with Crippen molar-refractivity contribution >= 4 is 27.5 Å². The fourth-order valence-electron chi connectivity index (χ4n) is 3.49. The van der Waals surface area contributed by atoms with E-state index in [-0.39, 0.29) is 5.97 Å². The van der Waals surface area contributed by atoms with Crippen molar-refractivity contribution in [2.45, 2.75) is 32.2 Å². The molecule has 4 rings (SSSR count).